The van der Waals surface area contributed by atoms with Gasteiger partial charge in [-0.1, -0.05) is 42.5 Å². The molecule has 4 aromatic rings. The van der Waals surface area contributed by atoms with E-state index in [1.807, 2.05) is 53.1 Å². The van der Waals surface area contributed by atoms with Crippen LogP contribution in [-0.2, 0) is 13.1 Å². The molecule has 160 valence electrons. The summed E-state index contributed by atoms with van der Waals surface area (Å²) in [6.45, 7) is 0.978. The van der Waals surface area contributed by atoms with E-state index >= 15 is 0 Å². The van der Waals surface area contributed by atoms with Crippen LogP contribution in [0.2, 0.25) is 0 Å². The van der Waals surface area contributed by atoms with Gasteiger partial charge in [0.05, 0.1) is 32.8 Å². The van der Waals surface area contributed by atoms with Gasteiger partial charge in [-0.2, -0.15) is 5.26 Å². The average Bonchev–Trinajstić information content (AvgIpc) is 3.16. The van der Waals surface area contributed by atoms with Gasteiger partial charge in [-0.05, 0) is 47.5 Å². The van der Waals surface area contributed by atoms with Gasteiger partial charge < -0.3 is 9.88 Å². The molecule has 0 saturated heterocycles. The normalized spacial score (nSPS) is 11.3. The lowest BCUT2D eigenvalue weighted by atomic mass is 10.1. The molecule has 1 amide bonds. The maximum Gasteiger partial charge on any atom is 0.268 e. The van der Waals surface area contributed by atoms with Crippen LogP contribution in [0.4, 0.5) is 5.69 Å². The van der Waals surface area contributed by atoms with E-state index in [1.165, 1.54) is 5.69 Å². The molecule has 1 aromatic heterocycles. The number of carbonyl (C=O) groups excluding carboxylic acids is 1. The van der Waals surface area contributed by atoms with E-state index in [1.54, 1.807) is 6.07 Å². The Morgan fingerprint density at radius 1 is 0.938 bits per heavy atom. The standard InChI is InChI=1S/C27H26N4O/c1-31(2,3)24-13-11-20(12-14-24)18-29-27(32)26-16-23-9-4-5-10-25(23)30(26)19-22-8-6-7-21(15-22)17-28/h4-16H,18-19H2,1-3H3/p+1. The number of hydrogen-bond donors (Lipinski definition) is 1. The molecular formula is C27H27N4O+. The highest BCUT2D eigenvalue weighted by atomic mass is 16.1. The van der Waals surface area contributed by atoms with Crippen LogP contribution >= 0.6 is 0 Å². The van der Waals surface area contributed by atoms with Crippen molar-refractivity contribution >= 4 is 22.5 Å². The lowest BCUT2D eigenvalue weighted by Gasteiger charge is -2.23. The monoisotopic (exact) mass is 423 g/mol. The topological polar surface area (TPSA) is 57.8 Å². The van der Waals surface area contributed by atoms with Crippen LogP contribution in [0.15, 0.2) is 78.9 Å². The molecule has 0 unspecified atom stereocenters. The minimum Gasteiger partial charge on any atom is -0.347 e. The predicted molar refractivity (Wildman–Crippen MR) is 129 cm³/mol. The number of carbonyl (C=O) groups is 1. The highest BCUT2D eigenvalue weighted by molar-refractivity contribution is 5.98. The third kappa shape index (κ3) is 4.56. The molecule has 0 aliphatic carbocycles. The number of hydrogen-bond acceptors (Lipinski definition) is 2. The van der Waals surface area contributed by atoms with Gasteiger partial charge in [0.1, 0.15) is 11.4 Å². The third-order valence-electron chi connectivity index (χ3n) is 5.60. The molecule has 0 bridgehead atoms. The van der Waals surface area contributed by atoms with Crippen molar-refractivity contribution in [3.05, 3.63) is 101 Å². The van der Waals surface area contributed by atoms with Crippen molar-refractivity contribution in [3.63, 3.8) is 0 Å². The molecule has 1 N–H and O–H groups in total. The first-order valence-electron chi connectivity index (χ1n) is 10.6. The second-order valence-electron chi connectivity index (χ2n) is 8.85. The Bertz CT molecular complexity index is 1300. The van der Waals surface area contributed by atoms with Crippen LogP contribution in [0.3, 0.4) is 0 Å². The largest absolute Gasteiger partial charge is 0.347 e. The summed E-state index contributed by atoms with van der Waals surface area (Å²) >= 11 is 0. The van der Waals surface area contributed by atoms with Crippen molar-refractivity contribution < 1.29 is 4.79 Å². The molecule has 5 heteroatoms. The van der Waals surface area contributed by atoms with Crippen molar-refractivity contribution in [3.8, 4) is 6.07 Å². The van der Waals surface area contributed by atoms with Crippen LogP contribution in [0, 0.1) is 11.3 Å². The number of aromatic nitrogens is 1. The van der Waals surface area contributed by atoms with Crippen molar-refractivity contribution in [2.45, 2.75) is 13.1 Å². The smallest absolute Gasteiger partial charge is 0.268 e. The summed E-state index contributed by atoms with van der Waals surface area (Å²) in [4.78, 5) is 13.2. The number of fused-ring (bicyclic) bond motifs is 1. The first kappa shape index (κ1) is 21.4. The second-order valence-corrected chi connectivity index (χ2v) is 8.85. The number of rotatable bonds is 6. The maximum atomic E-state index is 13.2. The summed E-state index contributed by atoms with van der Waals surface area (Å²) in [7, 11) is 6.38. The van der Waals surface area contributed by atoms with Gasteiger partial charge in [0.2, 0.25) is 0 Å². The fourth-order valence-corrected chi connectivity index (χ4v) is 3.82. The Balaban J connectivity index is 1.58. The number of nitrogens with zero attached hydrogens (tertiary/aromatic N) is 3. The SMILES string of the molecule is C[N+](C)(C)c1ccc(CNC(=O)c2cc3ccccc3n2Cc2cccc(C#N)c2)cc1. The summed E-state index contributed by atoms with van der Waals surface area (Å²) in [6, 6.07) is 27.9. The van der Waals surface area contributed by atoms with E-state index < -0.39 is 0 Å². The zero-order chi connectivity index (χ0) is 22.7. The van der Waals surface area contributed by atoms with Crippen molar-refractivity contribution in [2.75, 3.05) is 21.1 Å². The number of nitriles is 1. The molecule has 0 saturated carbocycles. The Labute approximate surface area is 188 Å². The first-order chi connectivity index (χ1) is 15.3. The number of para-hydroxylation sites is 1. The van der Waals surface area contributed by atoms with E-state index in [-0.39, 0.29) is 5.91 Å². The number of benzene rings is 3. The fraction of sp³-hybridized carbons (Fsp3) is 0.185. The van der Waals surface area contributed by atoms with E-state index in [0.29, 0.717) is 24.3 Å². The Kier molecular flexibility index (Phi) is 5.81. The van der Waals surface area contributed by atoms with Crippen LogP contribution in [0.5, 0.6) is 0 Å². The van der Waals surface area contributed by atoms with Crippen molar-refractivity contribution in [2.24, 2.45) is 0 Å². The number of quaternary nitrogens is 1. The summed E-state index contributed by atoms with van der Waals surface area (Å²) < 4.78 is 2.76. The molecule has 0 spiro atoms. The Morgan fingerprint density at radius 2 is 1.69 bits per heavy atom. The van der Waals surface area contributed by atoms with Gasteiger partial charge in [-0.3, -0.25) is 9.28 Å². The highest BCUT2D eigenvalue weighted by Crippen LogP contribution is 2.22. The molecule has 0 atom stereocenters. The molecule has 5 nitrogen and oxygen atoms in total. The second kappa shape index (κ2) is 8.70. The summed E-state index contributed by atoms with van der Waals surface area (Å²) in [5, 5.41) is 13.3. The van der Waals surface area contributed by atoms with E-state index in [0.717, 1.165) is 26.5 Å². The molecular weight excluding hydrogens is 396 g/mol. The lowest BCUT2D eigenvalue weighted by Crippen LogP contribution is -2.34. The van der Waals surface area contributed by atoms with Gasteiger partial charge in [0.25, 0.3) is 5.91 Å². The lowest BCUT2D eigenvalue weighted by molar-refractivity contribution is 0.0942. The molecule has 0 radical (unpaired) electrons. The zero-order valence-corrected chi connectivity index (χ0v) is 18.7. The van der Waals surface area contributed by atoms with Crippen LogP contribution in [0.25, 0.3) is 10.9 Å². The third-order valence-corrected chi connectivity index (χ3v) is 5.60. The Morgan fingerprint density at radius 3 is 2.41 bits per heavy atom. The highest BCUT2D eigenvalue weighted by Gasteiger charge is 2.16. The summed E-state index contributed by atoms with van der Waals surface area (Å²) in [5.41, 5.74) is 5.46. The summed E-state index contributed by atoms with van der Waals surface area (Å²) in [6.07, 6.45) is 0. The molecule has 4 rings (SSSR count). The van der Waals surface area contributed by atoms with Gasteiger partial charge in [0, 0.05) is 24.0 Å². The number of nitrogens with one attached hydrogen (secondary N) is 1. The fourth-order valence-electron chi connectivity index (χ4n) is 3.82. The predicted octanol–water partition coefficient (Wildman–Crippen LogP) is 4.69. The Hall–Kier alpha value is -3.88. The molecule has 3 aromatic carbocycles. The molecule has 0 fully saturated rings. The van der Waals surface area contributed by atoms with Crippen molar-refractivity contribution in [1.29, 1.82) is 5.26 Å². The minimum absolute atomic E-state index is 0.117. The van der Waals surface area contributed by atoms with Crippen LogP contribution in [-0.4, -0.2) is 31.6 Å². The van der Waals surface area contributed by atoms with Crippen LogP contribution in [0.1, 0.15) is 27.2 Å². The summed E-state index contributed by atoms with van der Waals surface area (Å²) in [5.74, 6) is -0.117. The van der Waals surface area contributed by atoms with E-state index in [4.69, 9.17) is 0 Å². The molecule has 1 heterocycles. The molecule has 0 aliphatic rings. The van der Waals surface area contributed by atoms with Gasteiger partial charge >= 0.3 is 0 Å². The quantitative estimate of drug-likeness (QED) is 0.458. The maximum absolute atomic E-state index is 13.2. The van der Waals surface area contributed by atoms with Crippen molar-refractivity contribution in [1.82, 2.24) is 14.4 Å². The molecule has 32 heavy (non-hydrogen) atoms. The minimum atomic E-state index is -0.117. The zero-order valence-electron chi connectivity index (χ0n) is 18.7. The van der Waals surface area contributed by atoms with Crippen LogP contribution < -0.4 is 9.80 Å². The van der Waals surface area contributed by atoms with E-state index in [2.05, 4.69) is 56.8 Å². The van der Waals surface area contributed by atoms with E-state index in [9.17, 15) is 10.1 Å². The average molecular weight is 424 g/mol. The first-order valence-corrected chi connectivity index (χ1v) is 10.6. The van der Waals surface area contributed by atoms with Gasteiger partial charge in [-0.25, -0.2) is 0 Å². The molecule has 0 aliphatic heterocycles. The van der Waals surface area contributed by atoms with Gasteiger partial charge in [-0.15, -0.1) is 0 Å². The van der Waals surface area contributed by atoms with Gasteiger partial charge in [0.15, 0.2) is 0 Å². The number of amides is 1.